The third-order valence-electron chi connectivity index (χ3n) is 4.40. The third kappa shape index (κ3) is 4.33. The van der Waals surface area contributed by atoms with Crippen LogP contribution in [-0.4, -0.2) is 60.5 Å². The SMILES string of the molecule is CCC1CCCCN1C(=O)CN1CCNC[C@@H]1C.Cl. The summed E-state index contributed by atoms with van der Waals surface area (Å²) in [5.41, 5.74) is 0. The van der Waals surface area contributed by atoms with Gasteiger partial charge in [-0.1, -0.05) is 6.92 Å². The number of amides is 1. The number of hydrogen-bond donors (Lipinski definition) is 1. The number of carbonyl (C=O) groups excluding carboxylic acids is 1. The normalized spacial score (nSPS) is 28.8. The van der Waals surface area contributed by atoms with Gasteiger partial charge in [0.05, 0.1) is 6.54 Å². The molecule has 0 radical (unpaired) electrons. The first-order valence-corrected chi connectivity index (χ1v) is 7.46. The van der Waals surface area contributed by atoms with Crippen LogP contribution >= 0.6 is 12.4 Å². The summed E-state index contributed by atoms with van der Waals surface area (Å²) < 4.78 is 0. The van der Waals surface area contributed by atoms with Crippen molar-refractivity contribution in [3.8, 4) is 0 Å². The summed E-state index contributed by atoms with van der Waals surface area (Å²) in [6.45, 7) is 8.99. The van der Waals surface area contributed by atoms with Gasteiger partial charge in [0.2, 0.25) is 5.91 Å². The van der Waals surface area contributed by atoms with E-state index in [0.29, 0.717) is 24.5 Å². The molecule has 0 spiro atoms. The second-order valence-corrected chi connectivity index (χ2v) is 5.67. The van der Waals surface area contributed by atoms with E-state index in [1.54, 1.807) is 0 Å². The van der Waals surface area contributed by atoms with Gasteiger partial charge in [0.1, 0.15) is 0 Å². The summed E-state index contributed by atoms with van der Waals surface area (Å²) in [5, 5.41) is 3.37. The van der Waals surface area contributed by atoms with Crippen LogP contribution in [0.2, 0.25) is 0 Å². The highest BCUT2D eigenvalue weighted by molar-refractivity contribution is 5.85. The Labute approximate surface area is 123 Å². The largest absolute Gasteiger partial charge is 0.339 e. The monoisotopic (exact) mass is 289 g/mol. The van der Waals surface area contributed by atoms with Crippen molar-refractivity contribution in [3.05, 3.63) is 0 Å². The number of nitrogens with zero attached hydrogens (tertiary/aromatic N) is 2. The topological polar surface area (TPSA) is 35.6 Å². The van der Waals surface area contributed by atoms with E-state index in [1.165, 1.54) is 19.3 Å². The zero-order chi connectivity index (χ0) is 13.0. The summed E-state index contributed by atoms with van der Waals surface area (Å²) in [7, 11) is 0. The molecule has 2 saturated heterocycles. The van der Waals surface area contributed by atoms with Gasteiger partial charge in [-0.2, -0.15) is 0 Å². The molecule has 0 aromatic heterocycles. The molecule has 1 N–H and O–H groups in total. The average molecular weight is 290 g/mol. The first-order chi connectivity index (χ1) is 8.72. The molecular formula is C14H28ClN3O. The van der Waals surface area contributed by atoms with E-state index in [4.69, 9.17) is 0 Å². The first kappa shape index (κ1) is 16.7. The Morgan fingerprint density at radius 1 is 1.32 bits per heavy atom. The molecule has 2 atom stereocenters. The molecule has 0 aromatic carbocycles. The Kier molecular flexibility index (Phi) is 7.11. The van der Waals surface area contributed by atoms with Gasteiger partial charge in [-0.3, -0.25) is 9.69 Å². The molecule has 0 aromatic rings. The summed E-state index contributed by atoms with van der Waals surface area (Å²) in [4.78, 5) is 16.9. The van der Waals surface area contributed by atoms with Gasteiger partial charge in [-0.05, 0) is 32.6 Å². The van der Waals surface area contributed by atoms with E-state index >= 15 is 0 Å². The van der Waals surface area contributed by atoms with Crippen LogP contribution in [0.5, 0.6) is 0 Å². The highest BCUT2D eigenvalue weighted by Crippen LogP contribution is 2.20. The maximum atomic E-state index is 12.4. The fourth-order valence-electron chi connectivity index (χ4n) is 3.14. The van der Waals surface area contributed by atoms with Gasteiger partial charge in [-0.15, -0.1) is 12.4 Å². The number of halogens is 1. The van der Waals surface area contributed by atoms with Gasteiger partial charge < -0.3 is 10.2 Å². The molecule has 0 bridgehead atoms. The first-order valence-electron chi connectivity index (χ1n) is 7.46. The van der Waals surface area contributed by atoms with E-state index in [0.717, 1.165) is 32.6 Å². The minimum atomic E-state index is 0. The third-order valence-corrected chi connectivity index (χ3v) is 4.40. The van der Waals surface area contributed by atoms with E-state index in [1.807, 2.05) is 0 Å². The number of nitrogens with one attached hydrogen (secondary N) is 1. The van der Waals surface area contributed by atoms with Crippen LogP contribution in [0.15, 0.2) is 0 Å². The minimum Gasteiger partial charge on any atom is -0.339 e. The zero-order valence-corrected chi connectivity index (χ0v) is 13.0. The van der Waals surface area contributed by atoms with E-state index in [2.05, 4.69) is 29.0 Å². The van der Waals surface area contributed by atoms with Crippen LogP contribution in [0.25, 0.3) is 0 Å². The molecule has 1 amide bonds. The molecule has 0 saturated carbocycles. The van der Waals surface area contributed by atoms with E-state index in [-0.39, 0.29) is 12.4 Å². The molecule has 2 aliphatic heterocycles. The van der Waals surface area contributed by atoms with Gasteiger partial charge in [0, 0.05) is 38.3 Å². The second kappa shape index (κ2) is 8.08. The number of carbonyl (C=O) groups is 1. The van der Waals surface area contributed by atoms with Gasteiger partial charge >= 0.3 is 0 Å². The quantitative estimate of drug-likeness (QED) is 0.855. The van der Waals surface area contributed by atoms with Crippen molar-refractivity contribution in [3.63, 3.8) is 0 Å². The lowest BCUT2D eigenvalue weighted by molar-refractivity contribution is -0.136. The summed E-state index contributed by atoms with van der Waals surface area (Å²) >= 11 is 0. The van der Waals surface area contributed by atoms with Crippen molar-refractivity contribution < 1.29 is 4.79 Å². The molecular weight excluding hydrogens is 262 g/mol. The Hall–Kier alpha value is -0.320. The van der Waals surface area contributed by atoms with Crippen molar-refractivity contribution >= 4 is 18.3 Å². The number of hydrogen-bond acceptors (Lipinski definition) is 3. The Bertz CT molecular complexity index is 288. The molecule has 2 fully saturated rings. The average Bonchev–Trinajstić information content (AvgIpc) is 2.41. The lowest BCUT2D eigenvalue weighted by Gasteiger charge is -2.39. The number of rotatable bonds is 3. The molecule has 5 heteroatoms. The molecule has 112 valence electrons. The van der Waals surface area contributed by atoms with Crippen LogP contribution in [0.1, 0.15) is 39.5 Å². The summed E-state index contributed by atoms with van der Waals surface area (Å²) in [6, 6.07) is 0.969. The van der Waals surface area contributed by atoms with Crippen LogP contribution in [0.3, 0.4) is 0 Å². The number of piperazine rings is 1. The van der Waals surface area contributed by atoms with Crippen LogP contribution in [0, 0.1) is 0 Å². The highest BCUT2D eigenvalue weighted by Gasteiger charge is 2.28. The predicted molar refractivity (Wildman–Crippen MR) is 80.8 cm³/mol. The van der Waals surface area contributed by atoms with Crippen molar-refractivity contribution in [1.82, 2.24) is 15.1 Å². The van der Waals surface area contributed by atoms with Gasteiger partial charge in [0.25, 0.3) is 0 Å². The van der Waals surface area contributed by atoms with E-state index < -0.39 is 0 Å². The van der Waals surface area contributed by atoms with Crippen LogP contribution in [0.4, 0.5) is 0 Å². The van der Waals surface area contributed by atoms with Crippen molar-refractivity contribution in [2.75, 3.05) is 32.7 Å². The van der Waals surface area contributed by atoms with Crippen molar-refractivity contribution in [2.24, 2.45) is 0 Å². The summed E-state index contributed by atoms with van der Waals surface area (Å²) in [5.74, 6) is 0.343. The predicted octanol–water partition coefficient (Wildman–Crippen LogP) is 1.49. The smallest absolute Gasteiger partial charge is 0.237 e. The Morgan fingerprint density at radius 3 is 2.79 bits per heavy atom. The molecule has 2 rings (SSSR count). The lowest BCUT2D eigenvalue weighted by atomic mass is 10.00. The number of piperidine rings is 1. The van der Waals surface area contributed by atoms with Gasteiger partial charge in [0.15, 0.2) is 0 Å². The molecule has 2 aliphatic rings. The van der Waals surface area contributed by atoms with Crippen LogP contribution in [-0.2, 0) is 4.79 Å². The van der Waals surface area contributed by atoms with Crippen molar-refractivity contribution in [2.45, 2.75) is 51.6 Å². The van der Waals surface area contributed by atoms with Crippen molar-refractivity contribution in [1.29, 1.82) is 0 Å². The Balaban J connectivity index is 0.00000180. The molecule has 4 nitrogen and oxygen atoms in total. The minimum absolute atomic E-state index is 0. The Morgan fingerprint density at radius 2 is 2.11 bits per heavy atom. The van der Waals surface area contributed by atoms with E-state index in [9.17, 15) is 4.79 Å². The molecule has 2 heterocycles. The maximum Gasteiger partial charge on any atom is 0.237 e. The maximum absolute atomic E-state index is 12.4. The summed E-state index contributed by atoms with van der Waals surface area (Å²) in [6.07, 6.45) is 4.76. The molecule has 19 heavy (non-hydrogen) atoms. The fourth-order valence-corrected chi connectivity index (χ4v) is 3.14. The molecule has 0 aliphatic carbocycles. The molecule has 1 unspecified atom stereocenters. The van der Waals surface area contributed by atoms with Gasteiger partial charge in [-0.25, -0.2) is 0 Å². The highest BCUT2D eigenvalue weighted by atomic mass is 35.5. The second-order valence-electron chi connectivity index (χ2n) is 5.67. The number of likely N-dealkylation sites (tertiary alicyclic amines) is 1. The zero-order valence-electron chi connectivity index (χ0n) is 12.2. The lowest BCUT2D eigenvalue weighted by Crippen LogP contribution is -2.54. The fraction of sp³-hybridized carbons (Fsp3) is 0.929. The standard InChI is InChI=1S/C14H27N3O.ClH/c1-3-13-6-4-5-8-17(13)14(18)11-16-9-7-15-10-12(16)2;/h12-13,15H,3-11H2,1-2H3;1H/t12-,13?;/m0./s1. The van der Waals surface area contributed by atoms with Crippen LogP contribution < -0.4 is 5.32 Å².